The van der Waals surface area contributed by atoms with Crippen molar-refractivity contribution in [1.29, 1.82) is 0 Å². The summed E-state index contributed by atoms with van der Waals surface area (Å²) in [7, 11) is 2.06. The Kier molecular flexibility index (Phi) is 5.54. The van der Waals surface area contributed by atoms with Gasteiger partial charge in [-0.3, -0.25) is 14.4 Å². The lowest BCUT2D eigenvalue weighted by molar-refractivity contribution is 0.0778. The highest BCUT2D eigenvalue weighted by Crippen LogP contribution is 2.43. The zero-order chi connectivity index (χ0) is 20.5. The van der Waals surface area contributed by atoms with E-state index in [2.05, 4.69) is 45.5 Å². The molecule has 1 aliphatic carbocycles. The molecule has 2 aromatic heterocycles. The maximum absolute atomic E-state index is 13.3. The Morgan fingerprint density at radius 2 is 2.17 bits per heavy atom. The highest BCUT2D eigenvalue weighted by Gasteiger charge is 2.36. The van der Waals surface area contributed by atoms with E-state index < -0.39 is 0 Å². The van der Waals surface area contributed by atoms with Crippen molar-refractivity contribution in [3.05, 3.63) is 35.5 Å². The molecule has 0 bridgehead atoms. The first kappa shape index (κ1) is 19.8. The molecule has 2 aliphatic rings. The molecule has 4 rings (SSSR count). The SMILES string of the molecule is CCC(C)n1ncc(C(=O)N2CCC(N(C)Cc3nccc(N)n3)C2)c1C1CC1. The molecule has 29 heavy (non-hydrogen) atoms. The number of likely N-dealkylation sites (N-methyl/N-ethyl adjacent to an activating group) is 1. The number of nitrogen functional groups attached to an aromatic ring is 1. The van der Waals surface area contributed by atoms with Crippen molar-refractivity contribution in [3.63, 3.8) is 0 Å². The van der Waals surface area contributed by atoms with Crippen LogP contribution in [0.2, 0.25) is 0 Å². The van der Waals surface area contributed by atoms with Gasteiger partial charge < -0.3 is 10.6 Å². The van der Waals surface area contributed by atoms with Gasteiger partial charge in [-0.25, -0.2) is 9.97 Å². The topological polar surface area (TPSA) is 93.2 Å². The largest absolute Gasteiger partial charge is 0.384 e. The van der Waals surface area contributed by atoms with Crippen LogP contribution >= 0.6 is 0 Å². The predicted octanol–water partition coefficient (Wildman–Crippen LogP) is 2.45. The molecule has 8 nitrogen and oxygen atoms in total. The van der Waals surface area contributed by atoms with Gasteiger partial charge in [0.2, 0.25) is 0 Å². The number of amides is 1. The van der Waals surface area contributed by atoms with Gasteiger partial charge in [0.1, 0.15) is 11.6 Å². The Hall–Kier alpha value is -2.48. The minimum Gasteiger partial charge on any atom is -0.384 e. The van der Waals surface area contributed by atoms with Gasteiger partial charge in [0, 0.05) is 37.3 Å². The van der Waals surface area contributed by atoms with Crippen molar-refractivity contribution in [2.45, 2.75) is 64.1 Å². The van der Waals surface area contributed by atoms with Gasteiger partial charge in [-0.05, 0) is 45.7 Å². The maximum atomic E-state index is 13.3. The average Bonchev–Trinajstić information content (AvgIpc) is 3.26. The molecule has 3 heterocycles. The van der Waals surface area contributed by atoms with Crippen LogP contribution in [0.15, 0.2) is 18.5 Å². The highest BCUT2D eigenvalue weighted by atomic mass is 16.2. The summed E-state index contributed by atoms with van der Waals surface area (Å²) in [5, 5.41) is 4.59. The van der Waals surface area contributed by atoms with Crippen LogP contribution in [-0.2, 0) is 6.54 Å². The van der Waals surface area contributed by atoms with E-state index >= 15 is 0 Å². The van der Waals surface area contributed by atoms with Crippen LogP contribution in [0.25, 0.3) is 0 Å². The lowest BCUT2D eigenvalue weighted by Gasteiger charge is -2.24. The Bertz CT molecular complexity index is 876. The van der Waals surface area contributed by atoms with Crippen molar-refractivity contribution >= 4 is 11.7 Å². The normalized spacial score (nSPS) is 20.4. The van der Waals surface area contributed by atoms with E-state index in [1.165, 1.54) is 0 Å². The lowest BCUT2D eigenvalue weighted by atomic mass is 10.1. The van der Waals surface area contributed by atoms with Gasteiger partial charge in [0.25, 0.3) is 5.91 Å². The number of aromatic nitrogens is 4. The summed E-state index contributed by atoms with van der Waals surface area (Å²) in [6.07, 6.45) is 7.76. The van der Waals surface area contributed by atoms with Crippen molar-refractivity contribution < 1.29 is 4.79 Å². The van der Waals surface area contributed by atoms with Crippen LogP contribution in [0.3, 0.4) is 0 Å². The number of carbonyl (C=O) groups excluding carboxylic acids is 1. The highest BCUT2D eigenvalue weighted by molar-refractivity contribution is 5.95. The first-order valence-corrected chi connectivity index (χ1v) is 10.6. The summed E-state index contributed by atoms with van der Waals surface area (Å²) < 4.78 is 2.09. The number of nitrogens with zero attached hydrogens (tertiary/aromatic N) is 6. The molecule has 1 aliphatic heterocycles. The summed E-state index contributed by atoms with van der Waals surface area (Å²) in [5.74, 6) is 1.81. The molecule has 1 saturated heterocycles. The van der Waals surface area contributed by atoms with Crippen LogP contribution in [0.1, 0.15) is 73.4 Å². The third-order valence-corrected chi connectivity index (χ3v) is 6.23. The minimum atomic E-state index is 0.123. The fraction of sp³-hybridized carbons (Fsp3) is 0.619. The summed E-state index contributed by atoms with van der Waals surface area (Å²) in [4.78, 5) is 26.1. The van der Waals surface area contributed by atoms with E-state index in [1.54, 1.807) is 18.5 Å². The van der Waals surface area contributed by atoms with Gasteiger partial charge in [-0.15, -0.1) is 0 Å². The van der Waals surface area contributed by atoms with E-state index in [4.69, 9.17) is 5.73 Å². The van der Waals surface area contributed by atoms with Gasteiger partial charge in [0.15, 0.2) is 0 Å². The van der Waals surface area contributed by atoms with Gasteiger partial charge >= 0.3 is 0 Å². The first-order chi connectivity index (χ1) is 14.0. The standard InChI is InChI=1S/C21H31N7O/c1-4-14(2)28-20(15-5-6-15)17(11-24-28)21(29)27-10-8-16(12-27)26(3)13-19-23-9-7-18(22)25-19/h7,9,11,14-16H,4-6,8,10,12-13H2,1-3H3,(H2,22,23,25). The number of hydrogen-bond acceptors (Lipinski definition) is 6. The molecule has 2 aromatic rings. The quantitative estimate of drug-likeness (QED) is 0.771. The monoisotopic (exact) mass is 397 g/mol. The predicted molar refractivity (Wildman–Crippen MR) is 111 cm³/mol. The number of rotatable bonds is 7. The molecule has 1 saturated carbocycles. The van der Waals surface area contributed by atoms with Crippen LogP contribution in [0.4, 0.5) is 5.82 Å². The fourth-order valence-corrected chi connectivity index (χ4v) is 4.12. The Balaban J connectivity index is 1.44. The third-order valence-electron chi connectivity index (χ3n) is 6.23. The van der Waals surface area contributed by atoms with Gasteiger partial charge in [0.05, 0.1) is 24.0 Å². The van der Waals surface area contributed by atoms with Crippen LogP contribution in [-0.4, -0.2) is 61.6 Å². The van der Waals surface area contributed by atoms with Crippen molar-refractivity contribution in [2.24, 2.45) is 0 Å². The van der Waals surface area contributed by atoms with Crippen molar-refractivity contribution in [1.82, 2.24) is 29.5 Å². The summed E-state index contributed by atoms with van der Waals surface area (Å²) in [5.41, 5.74) is 7.71. The molecular weight excluding hydrogens is 366 g/mol. The van der Waals surface area contributed by atoms with Crippen LogP contribution in [0, 0.1) is 0 Å². The van der Waals surface area contributed by atoms with E-state index in [1.807, 2.05) is 4.90 Å². The zero-order valence-electron chi connectivity index (χ0n) is 17.6. The Morgan fingerprint density at radius 1 is 1.38 bits per heavy atom. The molecule has 2 unspecified atom stereocenters. The molecule has 2 fully saturated rings. The molecule has 0 spiro atoms. The number of likely N-dealkylation sites (tertiary alicyclic amines) is 1. The molecule has 156 valence electrons. The molecule has 2 atom stereocenters. The fourth-order valence-electron chi connectivity index (χ4n) is 4.12. The molecule has 0 radical (unpaired) electrons. The van der Waals surface area contributed by atoms with Crippen LogP contribution < -0.4 is 5.73 Å². The molecule has 0 aromatic carbocycles. The molecular formula is C21H31N7O. The Morgan fingerprint density at radius 3 is 2.86 bits per heavy atom. The number of nitrogens with two attached hydrogens (primary N) is 1. The second-order valence-corrected chi connectivity index (χ2v) is 8.43. The van der Waals surface area contributed by atoms with E-state index in [0.717, 1.165) is 50.0 Å². The Labute approximate surface area is 172 Å². The molecule has 8 heteroatoms. The number of hydrogen-bond donors (Lipinski definition) is 1. The van der Waals surface area contributed by atoms with Gasteiger partial charge in [-0.1, -0.05) is 6.92 Å². The maximum Gasteiger partial charge on any atom is 0.257 e. The summed E-state index contributed by atoms with van der Waals surface area (Å²) in [6.45, 7) is 6.44. The molecule has 2 N–H and O–H groups in total. The first-order valence-electron chi connectivity index (χ1n) is 10.6. The minimum absolute atomic E-state index is 0.123. The van der Waals surface area contributed by atoms with Crippen LogP contribution in [0.5, 0.6) is 0 Å². The summed E-state index contributed by atoms with van der Waals surface area (Å²) >= 11 is 0. The number of carbonyl (C=O) groups is 1. The zero-order valence-corrected chi connectivity index (χ0v) is 17.6. The smallest absolute Gasteiger partial charge is 0.257 e. The van der Waals surface area contributed by atoms with E-state index in [9.17, 15) is 4.79 Å². The van der Waals surface area contributed by atoms with Crippen molar-refractivity contribution in [3.8, 4) is 0 Å². The third kappa shape index (κ3) is 4.12. The van der Waals surface area contributed by atoms with Crippen molar-refractivity contribution in [2.75, 3.05) is 25.9 Å². The number of anilines is 1. The lowest BCUT2D eigenvalue weighted by Crippen LogP contribution is -2.36. The van der Waals surface area contributed by atoms with E-state index in [0.29, 0.717) is 30.1 Å². The second kappa shape index (κ2) is 8.10. The average molecular weight is 398 g/mol. The second-order valence-electron chi connectivity index (χ2n) is 8.43. The van der Waals surface area contributed by atoms with E-state index in [-0.39, 0.29) is 11.9 Å². The molecule has 1 amide bonds. The van der Waals surface area contributed by atoms with Gasteiger partial charge in [-0.2, -0.15) is 5.10 Å². The summed E-state index contributed by atoms with van der Waals surface area (Å²) in [6, 6.07) is 2.30.